The zero-order valence-electron chi connectivity index (χ0n) is 17.8. The number of carbonyl (C=O) groups excluding carboxylic acids is 2. The van der Waals surface area contributed by atoms with Crippen LogP contribution in [-0.4, -0.2) is 33.1 Å². The summed E-state index contributed by atoms with van der Waals surface area (Å²) in [7, 11) is -3.84. The molecule has 0 heterocycles. The maximum absolute atomic E-state index is 12.4. The maximum atomic E-state index is 12.4. The topological polar surface area (TPSA) is 114 Å². The second-order valence-electron chi connectivity index (χ2n) is 7.01. The van der Waals surface area contributed by atoms with Crippen LogP contribution in [0.3, 0.4) is 0 Å². The average molecular weight is 565 g/mol. The highest BCUT2D eigenvalue weighted by Crippen LogP contribution is 2.23. The number of hydrogen-bond acceptors (Lipinski definition) is 6. The van der Waals surface area contributed by atoms with E-state index in [1.54, 1.807) is 42.5 Å². The Labute approximate surface area is 210 Å². The van der Waals surface area contributed by atoms with Gasteiger partial charge >= 0.3 is 5.97 Å². The van der Waals surface area contributed by atoms with Gasteiger partial charge in [-0.3, -0.25) is 4.79 Å². The number of benzene rings is 3. The van der Waals surface area contributed by atoms with Crippen LogP contribution in [0, 0.1) is 6.92 Å². The molecule has 2 N–H and O–H groups in total. The second kappa shape index (κ2) is 11.4. The summed E-state index contributed by atoms with van der Waals surface area (Å²) in [5.41, 5.74) is 3.86. The summed E-state index contributed by atoms with van der Waals surface area (Å²) in [6, 6.07) is 17.3. The molecule has 0 fully saturated rings. The predicted octanol–water partition coefficient (Wildman–Crippen LogP) is 4.06. The van der Waals surface area contributed by atoms with E-state index in [0.29, 0.717) is 20.6 Å². The second-order valence-corrected chi connectivity index (χ2v) is 10.1. The van der Waals surface area contributed by atoms with Crippen LogP contribution in [0.2, 0.25) is 5.02 Å². The number of hydrazone groups is 1. The standard InChI is InChI=1S/C23H19BrClN3O5S/c1-15-2-9-20(10-3-15)34(31,32)27-14-22(29)28-26-13-17-12-18(24)6-11-21(17)33-23(30)16-4-7-19(25)8-5-16/h2-13,27H,14H2,1H3,(H,28,29)/b26-13+. The number of hydrogen-bond donors (Lipinski definition) is 2. The van der Waals surface area contributed by atoms with Gasteiger partial charge in [-0.25, -0.2) is 23.4 Å². The largest absolute Gasteiger partial charge is 0.422 e. The Morgan fingerprint density at radius 1 is 1.06 bits per heavy atom. The molecule has 0 radical (unpaired) electrons. The molecule has 3 rings (SSSR count). The van der Waals surface area contributed by atoms with Crippen LogP contribution in [0.25, 0.3) is 0 Å². The first kappa shape index (κ1) is 25.6. The summed E-state index contributed by atoms with van der Waals surface area (Å²) >= 11 is 9.17. The number of carbonyl (C=O) groups is 2. The molecular weight excluding hydrogens is 546 g/mol. The highest BCUT2D eigenvalue weighted by atomic mass is 79.9. The van der Waals surface area contributed by atoms with E-state index >= 15 is 0 Å². The maximum Gasteiger partial charge on any atom is 0.343 e. The van der Waals surface area contributed by atoms with Crippen molar-refractivity contribution in [1.29, 1.82) is 0 Å². The molecule has 1 amide bonds. The Bertz CT molecular complexity index is 1330. The van der Waals surface area contributed by atoms with Gasteiger partial charge in [-0.1, -0.05) is 45.2 Å². The normalized spacial score (nSPS) is 11.4. The summed E-state index contributed by atoms with van der Waals surface area (Å²) in [6.07, 6.45) is 1.28. The lowest BCUT2D eigenvalue weighted by atomic mass is 10.2. The average Bonchev–Trinajstić information content (AvgIpc) is 2.80. The van der Waals surface area contributed by atoms with Crippen LogP contribution in [0.4, 0.5) is 0 Å². The molecule has 176 valence electrons. The Kier molecular flexibility index (Phi) is 8.56. The molecule has 0 saturated carbocycles. The van der Waals surface area contributed by atoms with Gasteiger partial charge in [0.25, 0.3) is 5.91 Å². The van der Waals surface area contributed by atoms with E-state index in [4.69, 9.17) is 16.3 Å². The first-order chi connectivity index (χ1) is 16.1. The smallest absolute Gasteiger partial charge is 0.343 e. The lowest BCUT2D eigenvalue weighted by Crippen LogP contribution is -2.34. The van der Waals surface area contributed by atoms with E-state index in [-0.39, 0.29) is 10.6 Å². The molecule has 0 bridgehead atoms. The fraction of sp³-hybridized carbons (Fsp3) is 0.0870. The van der Waals surface area contributed by atoms with Crippen molar-refractivity contribution in [2.75, 3.05) is 6.54 Å². The molecular formula is C23H19BrClN3O5S. The molecule has 0 unspecified atom stereocenters. The third kappa shape index (κ3) is 7.22. The van der Waals surface area contributed by atoms with Gasteiger partial charge in [0.05, 0.1) is 23.2 Å². The van der Waals surface area contributed by atoms with Crippen molar-refractivity contribution in [3.8, 4) is 5.75 Å². The van der Waals surface area contributed by atoms with E-state index in [2.05, 4.69) is 31.2 Å². The van der Waals surface area contributed by atoms with Crippen LogP contribution in [0.5, 0.6) is 5.75 Å². The number of rotatable bonds is 8. The number of aryl methyl sites for hydroxylation is 1. The number of ether oxygens (including phenoxy) is 1. The molecule has 3 aromatic carbocycles. The lowest BCUT2D eigenvalue weighted by Gasteiger charge is -2.08. The van der Waals surface area contributed by atoms with Gasteiger partial charge in [-0.2, -0.15) is 5.10 Å². The van der Waals surface area contributed by atoms with Gasteiger partial charge in [0.15, 0.2) is 0 Å². The summed E-state index contributed by atoms with van der Waals surface area (Å²) in [5, 5.41) is 4.32. The van der Waals surface area contributed by atoms with Gasteiger partial charge in [-0.05, 0) is 61.5 Å². The van der Waals surface area contributed by atoms with Crippen LogP contribution >= 0.6 is 27.5 Å². The van der Waals surface area contributed by atoms with Crippen molar-refractivity contribution < 1.29 is 22.7 Å². The Morgan fingerprint density at radius 2 is 1.74 bits per heavy atom. The van der Waals surface area contributed by atoms with E-state index in [0.717, 1.165) is 5.56 Å². The van der Waals surface area contributed by atoms with Crippen molar-refractivity contribution in [1.82, 2.24) is 10.1 Å². The zero-order valence-corrected chi connectivity index (χ0v) is 20.9. The first-order valence-corrected chi connectivity index (χ1v) is 12.4. The monoisotopic (exact) mass is 563 g/mol. The number of nitrogens with one attached hydrogen (secondary N) is 2. The van der Waals surface area contributed by atoms with Gasteiger partial charge in [0, 0.05) is 15.1 Å². The molecule has 0 aliphatic carbocycles. The summed E-state index contributed by atoms with van der Waals surface area (Å²) in [4.78, 5) is 24.5. The minimum Gasteiger partial charge on any atom is -0.422 e. The highest BCUT2D eigenvalue weighted by molar-refractivity contribution is 9.10. The molecule has 0 atom stereocenters. The highest BCUT2D eigenvalue weighted by Gasteiger charge is 2.15. The third-order valence-corrected chi connectivity index (χ3v) is 6.56. The molecule has 8 nitrogen and oxygen atoms in total. The van der Waals surface area contributed by atoms with Crippen LogP contribution in [0.1, 0.15) is 21.5 Å². The van der Waals surface area contributed by atoms with Crippen molar-refractivity contribution in [3.05, 3.63) is 92.9 Å². The molecule has 0 saturated heterocycles. The molecule has 3 aromatic rings. The van der Waals surface area contributed by atoms with E-state index in [1.807, 2.05) is 6.92 Å². The quantitative estimate of drug-likeness (QED) is 0.185. The minimum absolute atomic E-state index is 0.0516. The van der Waals surface area contributed by atoms with Crippen molar-refractivity contribution in [2.24, 2.45) is 5.10 Å². The minimum atomic E-state index is -3.84. The molecule has 0 aromatic heterocycles. The molecule has 0 aliphatic heterocycles. The molecule has 11 heteroatoms. The van der Waals surface area contributed by atoms with E-state index < -0.39 is 28.4 Å². The van der Waals surface area contributed by atoms with E-state index in [1.165, 1.54) is 30.5 Å². The van der Waals surface area contributed by atoms with Gasteiger partial charge in [0.2, 0.25) is 10.0 Å². The van der Waals surface area contributed by atoms with E-state index in [9.17, 15) is 18.0 Å². The van der Waals surface area contributed by atoms with Gasteiger partial charge in [-0.15, -0.1) is 0 Å². The molecule has 34 heavy (non-hydrogen) atoms. The van der Waals surface area contributed by atoms with Crippen LogP contribution in [0.15, 0.2) is 81.2 Å². The van der Waals surface area contributed by atoms with Crippen molar-refractivity contribution >= 4 is 55.6 Å². The Balaban J connectivity index is 1.62. The van der Waals surface area contributed by atoms with Gasteiger partial charge < -0.3 is 4.74 Å². The van der Waals surface area contributed by atoms with Crippen molar-refractivity contribution in [3.63, 3.8) is 0 Å². The lowest BCUT2D eigenvalue weighted by molar-refractivity contribution is -0.119. The van der Waals surface area contributed by atoms with Crippen molar-refractivity contribution in [2.45, 2.75) is 11.8 Å². The SMILES string of the molecule is Cc1ccc(S(=O)(=O)NCC(=O)N/N=C/c2cc(Br)ccc2OC(=O)c2ccc(Cl)cc2)cc1. The number of amides is 1. The molecule has 0 aliphatic rings. The fourth-order valence-electron chi connectivity index (χ4n) is 2.63. The Hall–Kier alpha value is -3.05. The number of sulfonamides is 1. The zero-order chi connectivity index (χ0) is 24.7. The third-order valence-electron chi connectivity index (χ3n) is 4.40. The summed E-state index contributed by atoms with van der Waals surface area (Å²) < 4.78 is 32.9. The Morgan fingerprint density at radius 3 is 2.41 bits per heavy atom. The summed E-state index contributed by atoms with van der Waals surface area (Å²) in [6.45, 7) is 1.33. The van der Waals surface area contributed by atoms with Gasteiger partial charge in [0.1, 0.15) is 5.75 Å². The first-order valence-electron chi connectivity index (χ1n) is 9.79. The summed E-state index contributed by atoms with van der Waals surface area (Å²) in [5.74, 6) is -1.06. The van der Waals surface area contributed by atoms with Crippen LogP contribution in [-0.2, 0) is 14.8 Å². The number of esters is 1. The number of halogens is 2. The number of nitrogens with zero attached hydrogens (tertiary/aromatic N) is 1. The predicted molar refractivity (Wildman–Crippen MR) is 133 cm³/mol. The molecule has 0 spiro atoms. The fourth-order valence-corrected chi connectivity index (χ4v) is 4.12. The van der Waals surface area contributed by atoms with Crippen LogP contribution < -0.4 is 14.9 Å².